The molecule has 0 bridgehead atoms. The van der Waals surface area contributed by atoms with E-state index in [1.807, 2.05) is 36.6 Å². The first kappa shape index (κ1) is 13.5. The Bertz CT molecular complexity index is 566. The smallest absolute Gasteiger partial charge is 0.264 e. The van der Waals surface area contributed by atoms with Crippen LogP contribution in [0.4, 0.5) is 5.13 Å². The van der Waals surface area contributed by atoms with Crippen LogP contribution in [0.5, 0.6) is 5.75 Å². The number of aryl methyl sites for hydroxylation is 2. The molecule has 1 aromatic carbocycles. The zero-order chi connectivity index (χ0) is 13.7. The molecule has 100 valence electrons. The number of carbonyl (C=O) groups excluding carboxylic acids is 1. The highest BCUT2D eigenvalue weighted by Crippen LogP contribution is 2.18. The lowest BCUT2D eigenvalue weighted by atomic mass is 10.1. The van der Waals surface area contributed by atoms with Crippen LogP contribution in [0.15, 0.2) is 29.6 Å². The molecule has 1 aromatic heterocycles. The minimum Gasteiger partial charge on any atom is -0.483 e. The maximum Gasteiger partial charge on any atom is 0.264 e. The predicted molar refractivity (Wildman–Crippen MR) is 76.8 cm³/mol. The van der Waals surface area contributed by atoms with Crippen LogP contribution in [0.1, 0.15) is 18.2 Å². The molecular weight excluding hydrogens is 260 g/mol. The average molecular weight is 276 g/mol. The number of hydrogen-bond donors (Lipinski definition) is 1. The van der Waals surface area contributed by atoms with E-state index >= 15 is 0 Å². The van der Waals surface area contributed by atoms with Gasteiger partial charge in [-0.1, -0.05) is 25.1 Å². The van der Waals surface area contributed by atoms with E-state index in [9.17, 15) is 4.79 Å². The Kier molecular flexibility index (Phi) is 4.52. The van der Waals surface area contributed by atoms with Gasteiger partial charge < -0.3 is 4.74 Å². The minimum absolute atomic E-state index is 0.00432. The van der Waals surface area contributed by atoms with Gasteiger partial charge in [0.1, 0.15) is 5.75 Å². The maximum atomic E-state index is 11.7. The van der Waals surface area contributed by atoms with Crippen LogP contribution >= 0.6 is 11.3 Å². The number of benzene rings is 1. The molecule has 0 aliphatic rings. The Morgan fingerprint density at radius 3 is 2.89 bits per heavy atom. The first-order valence-corrected chi connectivity index (χ1v) is 6.99. The summed E-state index contributed by atoms with van der Waals surface area (Å²) in [6.07, 6.45) is 0.878. The first-order chi connectivity index (χ1) is 9.19. The van der Waals surface area contributed by atoms with Crippen molar-refractivity contribution in [1.29, 1.82) is 0 Å². The topological polar surface area (TPSA) is 51.2 Å². The van der Waals surface area contributed by atoms with Gasteiger partial charge in [0.15, 0.2) is 11.7 Å². The molecule has 2 aromatic rings. The Morgan fingerprint density at radius 1 is 1.42 bits per heavy atom. The third-order valence-electron chi connectivity index (χ3n) is 2.58. The van der Waals surface area contributed by atoms with Crippen molar-refractivity contribution < 1.29 is 9.53 Å². The second-order valence-electron chi connectivity index (χ2n) is 4.09. The van der Waals surface area contributed by atoms with Gasteiger partial charge in [0, 0.05) is 5.38 Å². The van der Waals surface area contributed by atoms with Gasteiger partial charge in [-0.05, 0) is 25.0 Å². The molecule has 0 unspecified atom stereocenters. The van der Waals surface area contributed by atoms with E-state index < -0.39 is 0 Å². The number of ether oxygens (including phenoxy) is 1. The fourth-order valence-corrected chi connectivity index (χ4v) is 2.35. The highest BCUT2D eigenvalue weighted by Gasteiger charge is 2.07. The van der Waals surface area contributed by atoms with Crippen LogP contribution in [-0.2, 0) is 11.2 Å². The van der Waals surface area contributed by atoms with Crippen molar-refractivity contribution >= 4 is 22.4 Å². The van der Waals surface area contributed by atoms with E-state index in [4.69, 9.17) is 4.74 Å². The number of amides is 1. The summed E-state index contributed by atoms with van der Waals surface area (Å²) in [7, 11) is 0. The maximum absolute atomic E-state index is 11.7. The molecular formula is C14H16N2O2S. The van der Waals surface area contributed by atoms with Crippen LogP contribution in [0.2, 0.25) is 0 Å². The molecule has 1 amide bonds. The summed E-state index contributed by atoms with van der Waals surface area (Å²) in [6.45, 7) is 3.94. The van der Waals surface area contributed by atoms with Crippen LogP contribution in [0, 0.1) is 6.92 Å². The molecule has 0 radical (unpaired) electrons. The van der Waals surface area contributed by atoms with Gasteiger partial charge in [-0.3, -0.25) is 10.1 Å². The molecule has 1 heterocycles. The molecule has 0 fully saturated rings. The lowest BCUT2D eigenvalue weighted by Crippen LogP contribution is -2.20. The Labute approximate surface area is 116 Å². The second kappa shape index (κ2) is 6.33. The fourth-order valence-electron chi connectivity index (χ4n) is 1.65. The van der Waals surface area contributed by atoms with Gasteiger partial charge in [-0.25, -0.2) is 4.98 Å². The molecule has 0 atom stereocenters. The molecule has 0 spiro atoms. The van der Waals surface area contributed by atoms with Gasteiger partial charge in [0.2, 0.25) is 0 Å². The number of carbonyl (C=O) groups is 1. The molecule has 0 saturated heterocycles. The van der Waals surface area contributed by atoms with E-state index in [-0.39, 0.29) is 12.5 Å². The SMILES string of the molecule is CCc1ccccc1OCC(=O)Nc1nc(C)cs1. The van der Waals surface area contributed by atoms with Crippen LogP contribution in [0.3, 0.4) is 0 Å². The van der Waals surface area contributed by atoms with Crippen molar-refractivity contribution in [1.82, 2.24) is 4.98 Å². The quantitative estimate of drug-likeness (QED) is 0.913. The van der Waals surface area contributed by atoms with E-state index in [0.29, 0.717) is 5.13 Å². The number of aromatic nitrogens is 1. The summed E-state index contributed by atoms with van der Waals surface area (Å²) in [6, 6.07) is 7.73. The Hall–Kier alpha value is -1.88. The van der Waals surface area contributed by atoms with Gasteiger partial charge in [0.25, 0.3) is 5.91 Å². The zero-order valence-corrected chi connectivity index (χ0v) is 11.8. The zero-order valence-electron chi connectivity index (χ0n) is 11.0. The molecule has 0 saturated carbocycles. The van der Waals surface area contributed by atoms with Crippen molar-refractivity contribution in [2.45, 2.75) is 20.3 Å². The number of anilines is 1. The minimum atomic E-state index is -0.194. The van der Waals surface area contributed by atoms with Crippen LogP contribution in [-0.4, -0.2) is 17.5 Å². The summed E-state index contributed by atoms with van der Waals surface area (Å²) in [4.78, 5) is 15.9. The lowest BCUT2D eigenvalue weighted by Gasteiger charge is -2.09. The summed E-state index contributed by atoms with van der Waals surface area (Å²) in [5.74, 6) is 0.565. The molecule has 2 rings (SSSR count). The number of nitrogens with one attached hydrogen (secondary N) is 1. The summed E-state index contributed by atoms with van der Waals surface area (Å²) in [5, 5.41) is 5.21. The third-order valence-corrected chi connectivity index (χ3v) is 3.45. The number of rotatable bonds is 5. The van der Waals surface area contributed by atoms with Gasteiger partial charge >= 0.3 is 0 Å². The van der Waals surface area contributed by atoms with Crippen molar-refractivity contribution in [2.24, 2.45) is 0 Å². The average Bonchev–Trinajstić information content (AvgIpc) is 2.82. The largest absolute Gasteiger partial charge is 0.483 e. The van der Waals surface area contributed by atoms with E-state index in [2.05, 4.69) is 17.2 Å². The van der Waals surface area contributed by atoms with Gasteiger partial charge in [-0.15, -0.1) is 11.3 Å². The number of thiazole rings is 1. The first-order valence-electron chi connectivity index (χ1n) is 6.11. The molecule has 0 aliphatic carbocycles. The number of nitrogens with zero attached hydrogens (tertiary/aromatic N) is 1. The van der Waals surface area contributed by atoms with Crippen LogP contribution in [0.25, 0.3) is 0 Å². The number of hydrogen-bond acceptors (Lipinski definition) is 4. The highest BCUT2D eigenvalue weighted by atomic mass is 32.1. The fraction of sp³-hybridized carbons (Fsp3) is 0.286. The van der Waals surface area contributed by atoms with E-state index in [1.165, 1.54) is 11.3 Å². The molecule has 4 nitrogen and oxygen atoms in total. The molecule has 19 heavy (non-hydrogen) atoms. The van der Waals surface area contributed by atoms with Crippen molar-refractivity contribution in [3.05, 3.63) is 40.9 Å². The monoisotopic (exact) mass is 276 g/mol. The predicted octanol–water partition coefficient (Wildman–Crippen LogP) is 3.03. The van der Waals surface area contributed by atoms with Crippen LogP contribution < -0.4 is 10.1 Å². The van der Waals surface area contributed by atoms with Crippen molar-refractivity contribution in [3.63, 3.8) is 0 Å². The van der Waals surface area contributed by atoms with E-state index in [1.54, 1.807) is 0 Å². The Morgan fingerprint density at radius 2 is 2.21 bits per heavy atom. The lowest BCUT2D eigenvalue weighted by molar-refractivity contribution is -0.118. The van der Waals surface area contributed by atoms with Crippen molar-refractivity contribution in [2.75, 3.05) is 11.9 Å². The summed E-state index contributed by atoms with van der Waals surface area (Å²) in [5.41, 5.74) is 2.00. The molecule has 1 N–H and O–H groups in total. The summed E-state index contributed by atoms with van der Waals surface area (Å²) < 4.78 is 5.53. The van der Waals surface area contributed by atoms with E-state index in [0.717, 1.165) is 23.4 Å². The molecule has 5 heteroatoms. The van der Waals surface area contributed by atoms with Gasteiger partial charge in [0.05, 0.1) is 5.69 Å². The number of para-hydroxylation sites is 1. The molecule has 0 aliphatic heterocycles. The highest BCUT2D eigenvalue weighted by molar-refractivity contribution is 7.13. The standard InChI is InChI=1S/C14H16N2O2S/c1-3-11-6-4-5-7-12(11)18-8-13(17)16-14-15-10(2)9-19-14/h4-7,9H,3,8H2,1-2H3,(H,15,16,17). The Balaban J connectivity index is 1.89. The third kappa shape index (κ3) is 3.79. The van der Waals surface area contributed by atoms with Gasteiger partial charge in [-0.2, -0.15) is 0 Å². The normalized spacial score (nSPS) is 10.2. The van der Waals surface area contributed by atoms with Crippen molar-refractivity contribution in [3.8, 4) is 5.75 Å². The summed E-state index contributed by atoms with van der Waals surface area (Å²) >= 11 is 1.41. The second-order valence-corrected chi connectivity index (χ2v) is 4.95.